The van der Waals surface area contributed by atoms with Gasteiger partial charge in [-0.2, -0.15) is 0 Å². The minimum atomic E-state index is 0.0964. The first kappa shape index (κ1) is 19.7. The molecule has 0 bridgehead atoms. The number of aromatic nitrogens is 1. The van der Waals surface area contributed by atoms with Gasteiger partial charge in [-0.15, -0.1) is 0 Å². The molecule has 1 heterocycles. The third-order valence-electron chi connectivity index (χ3n) is 3.78. The lowest BCUT2D eigenvalue weighted by Crippen LogP contribution is -2.22. The van der Waals surface area contributed by atoms with Crippen molar-refractivity contribution in [2.75, 3.05) is 12.8 Å². The molecule has 3 N–H and O–H groups in total. The number of unbranched alkanes of at least 4 members (excludes halogenated alkanes) is 1. The van der Waals surface area contributed by atoms with Crippen molar-refractivity contribution in [1.82, 2.24) is 9.88 Å². The summed E-state index contributed by atoms with van der Waals surface area (Å²) in [5.41, 5.74) is 8.31. The molecule has 0 atom stereocenters. The summed E-state index contributed by atoms with van der Waals surface area (Å²) in [5, 5.41) is 3.59. The van der Waals surface area contributed by atoms with E-state index in [0.29, 0.717) is 6.42 Å². The van der Waals surface area contributed by atoms with Gasteiger partial charge in [-0.3, -0.25) is 9.59 Å². The number of nitrogens with zero attached hydrogens (tertiary/aromatic N) is 1. The molecule has 0 saturated carbocycles. The number of aryl methyl sites for hydroxylation is 2. The van der Waals surface area contributed by atoms with Gasteiger partial charge < -0.3 is 15.6 Å². The van der Waals surface area contributed by atoms with Crippen LogP contribution in [0.25, 0.3) is 10.9 Å². The Morgan fingerprint density at radius 2 is 1.92 bits per heavy atom. The van der Waals surface area contributed by atoms with E-state index in [1.807, 2.05) is 35.8 Å². The first-order valence-corrected chi connectivity index (χ1v) is 8.54. The summed E-state index contributed by atoms with van der Waals surface area (Å²) < 4.78 is 1.82. The van der Waals surface area contributed by atoms with Crippen LogP contribution in [0.4, 0.5) is 5.69 Å². The van der Waals surface area contributed by atoms with Crippen LogP contribution in [0.15, 0.2) is 29.1 Å². The highest BCUT2D eigenvalue weighted by Crippen LogP contribution is 2.17. The first-order valence-electron chi connectivity index (χ1n) is 8.54. The van der Waals surface area contributed by atoms with E-state index in [2.05, 4.69) is 19.2 Å². The summed E-state index contributed by atoms with van der Waals surface area (Å²) in [6.45, 7) is 6.74. The van der Waals surface area contributed by atoms with Crippen molar-refractivity contribution in [1.29, 1.82) is 0 Å². The highest BCUT2D eigenvalue weighted by Gasteiger charge is 2.05. The summed E-state index contributed by atoms with van der Waals surface area (Å²) >= 11 is 0. The molecule has 5 heteroatoms. The van der Waals surface area contributed by atoms with Gasteiger partial charge in [-0.1, -0.05) is 20.3 Å². The summed E-state index contributed by atoms with van der Waals surface area (Å²) in [7, 11) is 1.66. The maximum atomic E-state index is 12.0. The Morgan fingerprint density at radius 3 is 2.50 bits per heavy atom. The number of carbonyl (C=O) groups excluding carboxylic acids is 1. The van der Waals surface area contributed by atoms with Crippen LogP contribution in [-0.4, -0.2) is 17.5 Å². The van der Waals surface area contributed by atoms with Crippen LogP contribution in [0.3, 0.4) is 0 Å². The van der Waals surface area contributed by atoms with Gasteiger partial charge >= 0.3 is 0 Å². The average Bonchev–Trinajstić information content (AvgIpc) is 2.57. The number of hydrogen-bond acceptors (Lipinski definition) is 3. The molecule has 2 aromatic rings. The number of nitrogens with one attached hydrogen (secondary N) is 1. The molecule has 0 fully saturated rings. The Morgan fingerprint density at radius 1 is 1.21 bits per heavy atom. The van der Waals surface area contributed by atoms with Crippen LogP contribution in [0.1, 0.15) is 45.1 Å². The zero-order valence-electron chi connectivity index (χ0n) is 15.2. The highest BCUT2D eigenvalue weighted by atomic mass is 16.1. The van der Waals surface area contributed by atoms with Crippen LogP contribution in [-0.2, 0) is 11.3 Å². The van der Waals surface area contributed by atoms with Gasteiger partial charge in [0.2, 0.25) is 5.91 Å². The third-order valence-corrected chi connectivity index (χ3v) is 3.78. The van der Waals surface area contributed by atoms with E-state index >= 15 is 0 Å². The van der Waals surface area contributed by atoms with Crippen molar-refractivity contribution >= 4 is 22.5 Å². The van der Waals surface area contributed by atoms with Crippen LogP contribution in [0.2, 0.25) is 0 Å². The monoisotopic (exact) mass is 331 g/mol. The molecule has 24 heavy (non-hydrogen) atoms. The summed E-state index contributed by atoms with van der Waals surface area (Å²) in [6, 6.07) is 7.57. The number of nitrogens with two attached hydrogens (primary N) is 1. The average molecular weight is 331 g/mol. The topological polar surface area (TPSA) is 77.1 Å². The number of anilines is 1. The second-order valence-electron chi connectivity index (χ2n) is 5.88. The van der Waals surface area contributed by atoms with E-state index in [9.17, 15) is 9.59 Å². The molecule has 1 aromatic heterocycles. The van der Waals surface area contributed by atoms with Crippen molar-refractivity contribution in [3.05, 3.63) is 40.2 Å². The third kappa shape index (κ3) is 5.41. The molecule has 0 aliphatic carbocycles. The fourth-order valence-electron chi connectivity index (χ4n) is 2.46. The molecular formula is C19H29N3O2. The Kier molecular flexibility index (Phi) is 8.02. The number of carbonyl (C=O) groups is 1. The van der Waals surface area contributed by atoms with Gasteiger partial charge in [0.1, 0.15) is 0 Å². The summed E-state index contributed by atoms with van der Waals surface area (Å²) in [6.07, 6.45) is 3.71. The van der Waals surface area contributed by atoms with Gasteiger partial charge in [-0.25, -0.2) is 0 Å². The molecule has 0 aliphatic heterocycles. The Hall–Kier alpha value is -2.30. The van der Waals surface area contributed by atoms with Crippen molar-refractivity contribution in [3.8, 4) is 0 Å². The zero-order valence-corrected chi connectivity index (χ0v) is 15.2. The Balaban J connectivity index is 0.000000307. The fourth-order valence-corrected chi connectivity index (χ4v) is 2.46. The van der Waals surface area contributed by atoms with E-state index in [4.69, 9.17) is 5.73 Å². The quantitative estimate of drug-likeness (QED) is 0.826. The molecule has 1 amide bonds. The minimum Gasteiger partial charge on any atom is -0.399 e. The standard InChI is InChI=1S/C13H16N2O.C6H13NO/c1-3-6-15-12-5-4-11(14)8-10(12)7-9(2)13(15)16;1-3-4-5-6(8)7-2/h4-5,7-8H,3,6,14H2,1-2H3;3-5H2,1-2H3,(H,7,8). The number of fused-ring (bicyclic) bond motifs is 1. The molecule has 0 unspecified atom stereocenters. The first-order chi connectivity index (χ1) is 11.4. The molecule has 0 saturated heterocycles. The van der Waals surface area contributed by atoms with Crippen LogP contribution >= 0.6 is 0 Å². The van der Waals surface area contributed by atoms with E-state index in [1.165, 1.54) is 0 Å². The number of nitrogen functional groups attached to an aromatic ring is 1. The second-order valence-corrected chi connectivity index (χ2v) is 5.88. The lowest BCUT2D eigenvalue weighted by Gasteiger charge is -2.10. The predicted molar refractivity (Wildman–Crippen MR) is 101 cm³/mol. The Labute approximate surface area is 143 Å². The van der Waals surface area contributed by atoms with E-state index in [-0.39, 0.29) is 11.5 Å². The van der Waals surface area contributed by atoms with Gasteiger partial charge in [0.15, 0.2) is 0 Å². The number of pyridine rings is 1. The van der Waals surface area contributed by atoms with Crippen molar-refractivity contribution < 1.29 is 4.79 Å². The largest absolute Gasteiger partial charge is 0.399 e. The molecule has 132 valence electrons. The number of rotatable bonds is 5. The molecule has 1 aromatic carbocycles. The lowest BCUT2D eigenvalue weighted by atomic mass is 10.1. The summed E-state index contributed by atoms with van der Waals surface area (Å²) in [4.78, 5) is 22.4. The van der Waals surface area contributed by atoms with Crippen molar-refractivity contribution in [3.63, 3.8) is 0 Å². The van der Waals surface area contributed by atoms with Crippen LogP contribution in [0, 0.1) is 6.92 Å². The lowest BCUT2D eigenvalue weighted by molar-refractivity contribution is -0.120. The number of hydrogen-bond donors (Lipinski definition) is 2. The molecule has 5 nitrogen and oxygen atoms in total. The fraction of sp³-hybridized carbons (Fsp3) is 0.474. The van der Waals surface area contributed by atoms with E-state index in [0.717, 1.165) is 48.0 Å². The van der Waals surface area contributed by atoms with Gasteiger partial charge in [0.05, 0.1) is 5.52 Å². The molecular weight excluding hydrogens is 302 g/mol. The van der Waals surface area contributed by atoms with Gasteiger partial charge in [0, 0.05) is 36.7 Å². The van der Waals surface area contributed by atoms with Crippen molar-refractivity contribution in [2.24, 2.45) is 0 Å². The van der Waals surface area contributed by atoms with Gasteiger partial charge in [0.25, 0.3) is 5.56 Å². The smallest absolute Gasteiger partial charge is 0.253 e. The normalized spacial score (nSPS) is 10.2. The molecule has 0 radical (unpaired) electrons. The molecule has 0 spiro atoms. The van der Waals surface area contributed by atoms with Crippen molar-refractivity contribution in [2.45, 2.75) is 53.0 Å². The summed E-state index contributed by atoms with van der Waals surface area (Å²) in [5.74, 6) is 0.145. The maximum Gasteiger partial charge on any atom is 0.253 e. The SMILES string of the molecule is CCCCC(=O)NC.CCCn1c(=O)c(C)cc2cc(N)ccc21. The molecule has 2 rings (SSSR count). The highest BCUT2D eigenvalue weighted by molar-refractivity contribution is 5.82. The predicted octanol–water partition coefficient (Wildman–Crippen LogP) is 3.22. The zero-order chi connectivity index (χ0) is 18.1. The van der Waals surface area contributed by atoms with Crippen LogP contribution < -0.4 is 16.6 Å². The van der Waals surface area contributed by atoms with E-state index in [1.54, 1.807) is 7.05 Å². The number of benzene rings is 1. The van der Waals surface area contributed by atoms with Gasteiger partial charge in [-0.05, 0) is 44.0 Å². The van der Waals surface area contributed by atoms with Crippen LogP contribution in [0.5, 0.6) is 0 Å². The number of amides is 1. The van der Waals surface area contributed by atoms with E-state index < -0.39 is 0 Å². The Bertz CT molecular complexity index is 735. The minimum absolute atomic E-state index is 0.0964. The molecule has 0 aliphatic rings. The maximum absolute atomic E-state index is 12.0. The second kappa shape index (κ2) is 9.75.